The van der Waals surface area contributed by atoms with E-state index in [1.54, 1.807) is 5.92 Å². The largest absolute Gasteiger partial charge is 0.365 e. The topological polar surface area (TPSA) is 49.5 Å². The Morgan fingerprint density at radius 2 is 1.64 bits per heavy atom. The Morgan fingerprint density at radius 3 is 2.36 bits per heavy atom. The zero-order chi connectivity index (χ0) is 21.8. The van der Waals surface area contributed by atoms with Gasteiger partial charge in [0.25, 0.3) is 0 Å². The van der Waals surface area contributed by atoms with E-state index in [-0.39, 0.29) is 49.1 Å². The summed E-state index contributed by atoms with van der Waals surface area (Å²) >= 11 is 0. The third kappa shape index (κ3) is 2.93. The fourth-order valence-electron chi connectivity index (χ4n) is 9.98. The van der Waals surface area contributed by atoms with E-state index in [9.17, 15) is 0 Å². The van der Waals surface area contributed by atoms with Gasteiger partial charge in [-0.05, 0) is 36.0 Å². The number of fused-ring (bicyclic) bond motifs is 5. The van der Waals surface area contributed by atoms with E-state index in [4.69, 9.17) is 23.7 Å². The third-order valence-electron chi connectivity index (χ3n) is 11.4. The number of hydrogen-bond acceptors (Lipinski definition) is 5. The van der Waals surface area contributed by atoms with Crippen molar-refractivity contribution in [2.24, 2.45) is 28.6 Å². The van der Waals surface area contributed by atoms with E-state index in [1.165, 1.54) is 38.5 Å². The summed E-state index contributed by atoms with van der Waals surface area (Å²) < 4.78 is 32.0. The van der Waals surface area contributed by atoms with Crippen LogP contribution in [0.15, 0.2) is 0 Å². The van der Waals surface area contributed by atoms with Crippen LogP contribution in [0.4, 0.5) is 0 Å². The minimum absolute atomic E-state index is 0. The molecule has 186 valence electrons. The van der Waals surface area contributed by atoms with Crippen molar-refractivity contribution >= 4 is 0 Å². The van der Waals surface area contributed by atoms with Crippen LogP contribution in [0.5, 0.6) is 0 Å². The minimum Gasteiger partial charge on any atom is -0.365 e. The van der Waals surface area contributed by atoms with Crippen LogP contribution in [0, 0.1) is 34.5 Å². The molecule has 4 aliphatic carbocycles. The van der Waals surface area contributed by atoms with Gasteiger partial charge in [0.1, 0.15) is 5.60 Å². The van der Waals surface area contributed by atoms with E-state index in [1.807, 2.05) is 0 Å². The molecule has 7 aliphatic rings. The average Bonchev–Trinajstić information content (AvgIpc) is 3.14. The Kier molecular flexibility index (Phi) is 5.60. The maximum Gasteiger partial charge on any atom is 0.171 e. The maximum absolute atomic E-state index is 6.77. The van der Waals surface area contributed by atoms with Crippen molar-refractivity contribution in [1.82, 2.24) is 0 Å². The second-order valence-corrected chi connectivity index (χ2v) is 12.5. The van der Waals surface area contributed by atoms with Gasteiger partial charge in [-0.3, -0.25) is 0 Å². The number of unbranched alkanes of at least 4 members (excludes halogenated alkanes) is 1. The van der Waals surface area contributed by atoms with Crippen molar-refractivity contribution in [3.8, 4) is 0 Å². The monoisotopic (exact) mass is 543 g/mol. The molecule has 0 aromatic carbocycles. The molecule has 3 saturated heterocycles. The van der Waals surface area contributed by atoms with Crippen molar-refractivity contribution in [3.63, 3.8) is 0 Å². The summed E-state index contributed by atoms with van der Waals surface area (Å²) in [6.45, 7) is 10.4. The molecule has 0 aromatic heterocycles. The molecule has 7 fully saturated rings. The molecule has 7 atom stereocenters. The first-order valence-corrected chi connectivity index (χ1v) is 13.5. The zero-order valence-corrected chi connectivity index (χ0v) is 22.7. The fraction of sp³-hybridized carbons (Fsp3) is 0.963. The molecule has 0 bridgehead atoms. The van der Waals surface area contributed by atoms with Crippen LogP contribution in [-0.4, -0.2) is 49.7 Å². The van der Waals surface area contributed by atoms with Crippen LogP contribution in [0.2, 0.25) is 0 Å². The van der Waals surface area contributed by atoms with E-state index < -0.39 is 0 Å². The van der Waals surface area contributed by atoms with E-state index in [2.05, 4.69) is 20.8 Å². The number of hydrogen-bond donors (Lipinski definition) is 0. The summed E-state index contributed by atoms with van der Waals surface area (Å²) in [5.74, 6) is 3.10. The summed E-state index contributed by atoms with van der Waals surface area (Å²) in [5.41, 5.74) is 0.254. The fourth-order valence-corrected chi connectivity index (χ4v) is 9.98. The van der Waals surface area contributed by atoms with Crippen LogP contribution >= 0.6 is 0 Å². The van der Waals surface area contributed by atoms with Crippen molar-refractivity contribution in [1.29, 1.82) is 0 Å². The van der Waals surface area contributed by atoms with Crippen molar-refractivity contribution < 1.29 is 44.7 Å². The molecule has 3 aliphatic heterocycles. The second-order valence-electron chi connectivity index (χ2n) is 12.5. The molecule has 0 radical (unpaired) electrons. The molecule has 0 unspecified atom stereocenters. The summed E-state index contributed by atoms with van der Waals surface area (Å²) in [6.07, 6.45) is 12.0. The first kappa shape index (κ1) is 23.9. The van der Waals surface area contributed by atoms with Gasteiger partial charge in [-0.15, -0.1) is 0 Å². The zero-order valence-electron chi connectivity index (χ0n) is 20.7. The van der Waals surface area contributed by atoms with Crippen LogP contribution in [0.3, 0.4) is 0 Å². The Labute approximate surface area is 213 Å². The van der Waals surface area contributed by atoms with Gasteiger partial charge in [-0.2, -0.15) is 18.8 Å². The first-order valence-electron chi connectivity index (χ1n) is 13.5. The normalized spacial score (nSPS) is 51.0. The molecule has 33 heavy (non-hydrogen) atoms. The summed E-state index contributed by atoms with van der Waals surface area (Å²) in [5, 5.41) is 0. The SMILES string of the molecule is CCCC[C-]1C[C@@]2(C)[C@@H](CCC23OCCO3)[C@@H]2C[C@@H]3O[C@@]34CC3(CC[C@]4(C)[C@@H]12)OCCO3.[Mo]. The van der Waals surface area contributed by atoms with E-state index >= 15 is 0 Å². The standard InChI is InChI=1S/C27H41O5.Mo/c1-4-5-6-18-16-24(3)20(7-8-27(24)30-13-14-31-27)19-15-21-26(32-21)17-25(28-11-12-29-25)10-9-23(26,2)22(18)19;/h19-22H,4-17H2,1-3H3;/q-1;/t19-,20-,21-,22-,23+,24-,26-;/m0./s1. The summed E-state index contributed by atoms with van der Waals surface area (Å²) in [6, 6.07) is 0. The van der Waals surface area contributed by atoms with Crippen molar-refractivity contribution in [2.75, 3.05) is 26.4 Å². The first-order chi connectivity index (χ1) is 15.4. The summed E-state index contributed by atoms with van der Waals surface area (Å²) in [7, 11) is 0. The van der Waals surface area contributed by atoms with Crippen LogP contribution in [0.25, 0.3) is 0 Å². The van der Waals surface area contributed by atoms with Gasteiger partial charge in [-0.1, -0.05) is 39.5 Å². The van der Waals surface area contributed by atoms with Gasteiger partial charge in [0, 0.05) is 40.3 Å². The quantitative estimate of drug-likeness (QED) is 0.286. The molecule has 0 amide bonds. The van der Waals surface area contributed by atoms with Crippen LogP contribution < -0.4 is 0 Å². The molecule has 6 heteroatoms. The minimum atomic E-state index is -0.378. The molecule has 3 spiro atoms. The molecule has 0 N–H and O–H groups in total. The smallest absolute Gasteiger partial charge is 0.171 e. The van der Waals surface area contributed by atoms with E-state index in [0.29, 0.717) is 23.9 Å². The molecule has 0 aromatic rings. The molecule has 3 heterocycles. The van der Waals surface area contributed by atoms with Crippen LogP contribution in [-0.2, 0) is 44.7 Å². The molecule has 5 nitrogen and oxygen atoms in total. The predicted octanol–water partition coefficient (Wildman–Crippen LogP) is 5.02. The van der Waals surface area contributed by atoms with Crippen LogP contribution in [0.1, 0.15) is 85.0 Å². The van der Waals surface area contributed by atoms with E-state index in [0.717, 1.165) is 52.1 Å². The molecular weight excluding hydrogens is 500 g/mol. The molecule has 4 saturated carbocycles. The van der Waals surface area contributed by atoms with Gasteiger partial charge in [0.05, 0.1) is 32.5 Å². The Morgan fingerprint density at radius 1 is 0.909 bits per heavy atom. The maximum atomic E-state index is 6.77. The van der Waals surface area contributed by atoms with Gasteiger partial charge >= 0.3 is 0 Å². The Hall–Kier alpha value is 0.488. The molecule has 7 rings (SSSR count). The number of rotatable bonds is 3. The van der Waals surface area contributed by atoms with Gasteiger partial charge in [0.2, 0.25) is 0 Å². The van der Waals surface area contributed by atoms with Crippen molar-refractivity contribution in [3.05, 3.63) is 5.92 Å². The average molecular weight is 542 g/mol. The Bertz CT molecular complexity index is 778. The number of ether oxygens (including phenoxy) is 5. The van der Waals surface area contributed by atoms with Gasteiger partial charge in [-0.25, -0.2) is 0 Å². The van der Waals surface area contributed by atoms with Gasteiger partial charge in [0.15, 0.2) is 11.6 Å². The summed E-state index contributed by atoms with van der Waals surface area (Å²) in [4.78, 5) is 0. The predicted molar refractivity (Wildman–Crippen MR) is 119 cm³/mol. The third-order valence-corrected chi connectivity index (χ3v) is 11.4. The number of epoxide rings is 1. The Balaban J connectivity index is 0.00000206. The molecular formula is C27H41MoO5-. The van der Waals surface area contributed by atoms with Crippen molar-refractivity contribution in [2.45, 2.75) is 108 Å². The second kappa shape index (κ2) is 7.75. The van der Waals surface area contributed by atoms with Gasteiger partial charge < -0.3 is 29.6 Å².